The van der Waals surface area contributed by atoms with E-state index in [0.29, 0.717) is 34.9 Å². The van der Waals surface area contributed by atoms with Crippen molar-refractivity contribution in [1.29, 1.82) is 5.26 Å². The third-order valence-electron chi connectivity index (χ3n) is 3.51. The molecule has 2 aliphatic rings. The summed E-state index contributed by atoms with van der Waals surface area (Å²) >= 11 is 0. The number of rotatable bonds is 3. The maximum Gasteiger partial charge on any atom is 0.223 e. The van der Waals surface area contributed by atoms with Crippen LogP contribution in [0, 0.1) is 11.3 Å². The second-order valence-electron chi connectivity index (χ2n) is 5.22. The molecule has 1 aliphatic carbocycles. The molecule has 0 bridgehead atoms. The first-order chi connectivity index (χ1) is 10.8. The summed E-state index contributed by atoms with van der Waals surface area (Å²) in [5.74, 6) is 1.65. The largest absolute Gasteiger partial charge is 0.437 e. The van der Waals surface area contributed by atoms with E-state index in [1.807, 2.05) is 24.3 Å². The van der Waals surface area contributed by atoms with Crippen molar-refractivity contribution in [2.24, 2.45) is 0 Å². The van der Waals surface area contributed by atoms with E-state index in [9.17, 15) is 5.26 Å². The fourth-order valence-electron chi connectivity index (χ4n) is 2.23. The van der Waals surface area contributed by atoms with Gasteiger partial charge in [0, 0.05) is 12.2 Å². The van der Waals surface area contributed by atoms with Crippen molar-refractivity contribution in [1.82, 2.24) is 9.97 Å². The monoisotopic (exact) mass is 291 g/mol. The average Bonchev–Trinajstić information content (AvgIpc) is 3.25. The number of allylic oxidation sites excluding steroid dienone is 1. The first-order valence-electron chi connectivity index (χ1n) is 7.12. The first-order valence-corrected chi connectivity index (χ1v) is 7.12. The van der Waals surface area contributed by atoms with Gasteiger partial charge in [-0.25, -0.2) is 9.97 Å². The molecule has 0 unspecified atom stereocenters. The predicted molar refractivity (Wildman–Crippen MR) is 81.9 cm³/mol. The third kappa shape index (κ3) is 2.33. The number of fused-ring (bicyclic) bond motifs is 1. The molecule has 1 aliphatic heterocycles. The summed E-state index contributed by atoms with van der Waals surface area (Å²) in [4.78, 5) is 8.60. The normalized spacial score (nSPS) is 17.8. The lowest BCUT2D eigenvalue weighted by molar-refractivity contribution is 0.460. The van der Waals surface area contributed by atoms with Crippen LogP contribution < -0.4 is 15.4 Å². The Kier molecular flexibility index (Phi) is 2.90. The Morgan fingerprint density at radius 1 is 1.32 bits per heavy atom. The molecule has 22 heavy (non-hydrogen) atoms. The van der Waals surface area contributed by atoms with Gasteiger partial charge in [-0.05, 0) is 31.0 Å². The Labute approximate surface area is 127 Å². The van der Waals surface area contributed by atoms with E-state index < -0.39 is 0 Å². The van der Waals surface area contributed by atoms with Gasteiger partial charge in [0.2, 0.25) is 11.8 Å². The lowest BCUT2D eigenvalue weighted by Crippen LogP contribution is -2.08. The predicted octanol–water partition coefficient (Wildman–Crippen LogP) is 2.75. The van der Waals surface area contributed by atoms with Crippen LogP contribution in [0.4, 0.5) is 11.6 Å². The van der Waals surface area contributed by atoms with E-state index >= 15 is 0 Å². The lowest BCUT2D eigenvalue weighted by Gasteiger charge is -2.06. The van der Waals surface area contributed by atoms with Crippen molar-refractivity contribution in [2.75, 3.05) is 10.6 Å². The molecule has 0 saturated heterocycles. The van der Waals surface area contributed by atoms with Crippen molar-refractivity contribution in [3.8, 4) is 11.8 Å². The van der Waals surface area contributed by atoms with E-state index in [1.54, 1.807) is 12.3 Å². The second kappa shape index (κ2) is 5.04. The Balaban J connectivity index is 1.68. The SMILES string of the molecule is N#CC(=C1Nc2ccccc2O1)c1ccnc(NC2CC2)n1. The van der Waals surface area contributed by atoms with Crippen LogP contribution in [-0.2, 0) is 0 Å². The molecule has 1 fully saturated rings. The van der Waals surface area contributed by atoms with E-state index in [2.05, 4.69) is 26.7 Å². The van der Waals surface area contributed by atoms with Gasteiger partial charge in [-0.2, -0.15) is 5.26 Å². The molecule has 2 aromatic rings. The van der Waals surface area contributed by atoms with Crippen molar-refractivity contribution in [3.63, 3.8) is 0 Å². The van der Waals surface area contributed by atoms with Gasteiger partial charge >= 0.3 is 0 Å². The summed E-state index contributed by atoms with van der Waals surface area (Å²) < 4.78 is 5.71. The van der Waals surface area contributed by atoms with Crippen LogP contribution in [0.3, 0.4) is 0 Å². The number of hydrogen-bond donors (Lipinski definition) is 2. The molecule has 6 nitrogen and oxygen atoms in total. The molecule has 1 aromatic carbocycles. The first kappa shape index (κ1) is 12.7. The highest BCUT2D eigenvalue weighted by atomic mass is 16.5. The van der Waals surface area contributed by atoms with E-state index in [-0.39, 0.29) is 0 Å². The number of benzene rings is 1. The van der Waals surface area contributed by atoms with Gasteiger partial charge in [0.15, 0.2) is 5.75 Å². The van der Waals surface area contributed by atoms with E-state index in [1.165, 1.54) is 0 Å². The van der Waals surface area contributed by atoms with Crippen LogP contribution in [-0.4, -0.2) is 16.0 Å². The molecular weight excluding hydrogens is 278 g/mol. The minimum absolute atomic E-state index is 0.359. The molecular formula is C16H13N5O. The maximum absolute atomic E-state index is 9.50. The molecule has 108 valence electrons. The zero-order valence-electron chi connectivity index (χ0n) is 11.7. The second-order valence-corrected chi connectivity index (χ2v) is 5.22. The summed E-state index contributed by atoms with van der Waals surface area (Å²) in [6.07, 6.45) is 3.92. The van der Waals surface area contributed by atoms with Gasteiger partial charge in [-0.3, -0.25) is 0 Å². The molecule has 0 spiro atoms. The van der Waals surface area contributed by atoms with Gasteiger partial charge in [0.05, 0.1) is 11.4 Å². The van der Waals surface area contributed by atoms with E-state index in [0.717, 1.165) is 18.5 Å². The minimum Gasteiger partial charge on any atom is -0.437 e. The number of anilines is 2. The number of nitriles is 1. The van der Waals surface area contributed by atoms with Crippen molar-refractivity contribution in [2.45, 2.75) is 18.9 Å². The standard InChI is InChI=1S/C16H13N5O/c17-9-11(15-20-13-3-1-2-4-14(13)22-15)12-7-8-18-16(21-12)19-10-5-6-10/h1-4,7-8,10,20H,5-6H2,(H,18,19,21). The molecule has 2 heterocycles. The quantitative estimate of drug-likeness (QED) is 0.846. The number of ether oxygens (including phenoxy) is 1. The zero-order chi connectivity index (χ0) is 14.9. The zero-order valence-corrected chi connectivity index (χ0v) is 11.7. The molecule has 1 aromatic heterocycles. The van der Waals surface area contributed by atoms with E-state index in [4.69, 9.17) is 4.74 Å². The fraction of sp³-hybridized carbons (Fsp3) is 0.188. The topological polar surface area (TPSA) is 82.9 Å². The third-order valence-corrected chi connectivity index (χ3v) is 3.51. The van der Waals surface area contributed by atoms with Gasteiger partial charge in [-0.15, -0.1) is 0 Å². The van der Waals surface area contributed by atoms with Gasteiger partial charge in [0.1, 0.15) is 11.6 Å². The summed E-state index contributed by atoms with van der Waals surface area (Å²) in [5, 5.41) is 15.8. The van der Waals surface area contributed by atoms with Gasteiger partial charge in [-0.1, -0.05) is 12.1 Å². The van der Waals surface area contributed by atoms with Crippen LogP contribution in [0.5, 0.6) is 5.75 Å². The highest BCUT2D eigenvalue weighted by Crippen LogP contribution is 2.35. The van der Waals surface area contributed by atoms with Gasteiger partial charge < -0.3 is 15.4 Å². The van der Waals surface area contributed by atoms with Crippen molar-refractivity contribution < 1.29 is 4.74 Å². The highest BCUT2D eigenvalue weighted by molar-refractivity contribution is 5.81. The average molecular weight is 291 g/mol. The molecule has 4 rings (SSSR count). The smallest absolute Gasteiger partial charge is 0.223 e. The molecule has 0 radical (unpaired) electrons. The van der Waals surface area contributed by atoms with Crippen molar-refractivity contribution in [3.05, 3.63) is 48.1 Å². The summed E-state index contributed by atoms with van der Waals surface area (Å²) in [7, 11) is 0. The van der Waals surface area contributed by atoms with Crippen LogP contribution in [0.2, 0.25) is 0 Å². The molecule has 0 amide bonds. The maximum atomic E-state index is 9.50. The molecule has 2 N–H and O–H groups in total. The van der Waals surface area contributed by atoms with Gasteiger partial charge in [0.25, 0.3) is 0 Å². The van der Waals surface area contributed by atoms with Crippen LogP contribution in [0.1, 0.15) is 18.5 Å². The lowest BCUT2D eigenvalue weighted by atomic mass is 10.2. The summed E-state index contributed by atoms with van der Waals surface area (Å²) in [6.45, 7) is 0. The number of nitrogens with one attached hydrogen (secondary N) is 2. The fourth-order valence-corrected chi connectivity index (χ4v) is 2.23. The Bertz CT molecular complexity index is 777. The number of hydrogen-bond acceptors (Lipinski definition) is 6. The summed E-state index contributed by atoms with van der Waals surface area (Å²) in [6, 6.07) is 11.9. The Morgan fingerprint density at radius 3 is 2.95 bits per heavy atom. The number of nitrogens with zero attached hydrogens (tertiary/aromatic N) is 3. The molecule has 0 atom stereocenters. The van der Waals surface area contributed by atoms with Crippen LogP contribution >= 0.6 is 0 Å². The highest BCUT2D eigenvalue weighted by Gasteiger charge is 2.24. The molecule has 6 heteroatoms. The minimum atomic E-state index is 0.359. The molecule has 1 saturated carbocycles. The Hall–Kier alpha value is -3.07. The Morgan fingerprint density at radius 2 is 2.18 bits per heavy atom. The van der Waals surface area contributed by atoms with Crippen LogP contribution in [0.25, 0.3) is 5.57 Å². The number of para-hydroxylation sites is 2. The van der Waals surface area contributed by atoms with Crippen LogP contribution in [0.15, 0.2) is 42.4 Å². The van der Waals surface area contributed by atoms with Crippen molar-refractivity contribution >= 4 is 17.2 Å². The number of aromatic nitrogens is 2. The summed E-state index contributed by atoms with van der Waals surface area (Å²) in [5.41, 5.74) is 1.74.